The first-order valence-corrected chi connectivity index (χ1v) is 9.68. The number of nitrogens with zero attached hydrogens (tertiary/aromatic N) is 5. The highest BCUT2D eigenvalue weighted by Gasteiger charge is 2.17. The average Bonchev–Trinajstić information content (AvgIpc) is 3.27. The summed E-state index contributed by atoms with van der Waals surface area (Å²) in [5, 5.41) is 4.02. The Balaban J connectivity index is 1.78. The van der Waals surface area contributed by atoms with Crippen LogP contribution >= 0.6 is 22.7 Å². The Hall–Kier alpha value is -2.91. The fourth-order valence-corrected chi connectivity index (χ4v) is 4.68. The molecule has 0 aliphatic heterocycles. The van der Waals surface area contributed by atoms with Crippen LogP contribution in [0.15, 0.2) is 41.2 Å². The molecule has 4 heterocycles. The molecule has 4 aromatic heterocycles. The van der Waals surface area contributed by atoms with E-state index < -0.39 is 0 Å². The number of hydrogen-bond acceptors (Lipinski definition) is 8. The molecule has 7 nitrogen and oxygen atoms in total. The summed E-state index contributed by atoms with van der Waals surface area (Å²) < 4.78 is 3.18. The van der Waals surface area contributed by atoms with Crippen molar-refractivity contribution in [3.8, 4) is 5.69 Å². The monoisotopic (exact) mass is 380 g/mol. The number of benzene rings is 1. The third-order valence-corrected chi connectivity index (χ3v) is 5.98. The summed E-state index contributed by atoms with van der Waals surface area (Å²) in [6.45, 7) is 2.73. The van der Waals surface area contributed by atoms with E-state index in [1.165, 1.54) is 17.7 Å². The van der Waals surface area contributed by atoms with Crippen LogP contribution in [-0.4, -0.2) is 31.0 Å². The van der Waals surface area contributed by atoms with Crippen molar-refractivity contribution in [1.29, 1.82) is 0 Å². The van der Waals surface area contributed by atoms with Crippen LogP contribution in [0.2, 0.25) is 0 Å². The van der Waals surface area contributed by atoms with E-state index in [1.54, 1.807) is 27.7 Å². The molecule has 0 atom stereocenters. The maximum Gasteiger partial charge on any atom is 0.275 e. The van der Waals surface area contributed by atoms with Crippen LogP contribution in [0.4, 0.5) is 5.82 Å². The van der Waals surface area contributed by atoms with Gasteiger partial charge in [0.25, 0.3) is 5.56 Å². The summed E-state index contributed by atoms with van der Waals surface area (Å²) in [5.74, 6) is 0.708. The van der Waals surface area contributed by atoms with Crippen LogP contribution in [0.5, 0.6) is 0 Å². The zero-order valence-corrected chi connectivity index (χ0v) is 15.3. The molecule has 0 unspecified atom stereocenters. The van der Waals surface area contributed by atoms with Crippen LogP contribution in [0.3, 0.4) is 0 Å². The minimum Gasteiger partial charge on any atom is -0.370 e. The van der Waals surface area contributed by atoms with Gasteiger partial charge >= 0.3 is 0 Å². The lowest BCUT2D eigenvalue weighted by Crippen LogP contribution is -2.17. The molecular formula is C17H12N6OS2. The Bertz CT molecular complexity index is 1340. The van der Waals surface area contributed by atoms with Crippen LogP contribution < -0.4 is 10.9 Å². The van der Waals surface area contributed by atoms with Gasteiger partial charge in [0.1, 0.15) is 33.5 Å². The van der Waals surface area contributed by atoms with E-state index in [4.69, 9.17) is 0 Å². The smallest absolute Gasteiger partial charge is 0.275 e. The van der Waals surface area contributed by atoms with Gasteiger partial charge in [0.2, 0.25) is 0 Å². The highest BCUT2D eigenvalue weighted by atomic mass is 32.1. The van der Waals surface area contributed by atoms with E-state index in [2.05, 4.69) is 25.3 Å². The van der Waals surface area contributed by atoms with Crippen LogP contribution in [-0.2, 0) is 0 Å². The zero-order chi connectivity index (χ0) is 17.7. The van der Waals surface area contributed by atoms with E-state index in [-0.39, 0.29) is 5.56 Å². The minimum atomic E-state index is -0.107. The second-order valence-electron chi connectivity index (χ2n) is 5.64. The third-order valence-electron chi connectivity index (χ3n) is 4.12. The van der Waals surface area contributed by atoms with Gasteiger partial charge in [-0.3, -0.25) is 9.36 Å². The molecule has 0 saturated heterocycles. The molecule has 0 bridgehead atoms. The standard InChI is InChI=1S/C17H12N6OS2/c1-2-18-15-12-13-14(26-16(12)20-6-19-15)17(24)23(7-21-13)9-3-4-10-11(5-9)25-8-22-10/h3-8H,2H2,1H3,(H,18,19,20). The zero-order valence-electron chi connectivity index (χ0n) is 13.6. The molecule has 9 heteroatoms. The van der Waals surface area contributed by atoms with E-state index >= 15 is 0 Å². The van der Waals surface area contributed by atoms with Crippen molar-refractivity contribution in [2.24, 2.45) is 0 Å². The maximum atomic E-state index is 13.1. The fourth-order valence-electron chi connectivity index (χ4n) is 2.94. The molecule has 0 fully saturated rings. The number of anilines is 1. The highest BCUT2D eigenvalue weighted by Crippen LogP contribution is 2.33. The molecule has 0 aliphatic rings. The Kier molecular flexibility index (Phi) is 3.44. The Morgan fingerprint density at radius 1 is 1.19 bits per heavy atom. The maximum absolute atomic E-state index is 13.1. The van der Waals surface area contributed by atoms with Gasteiger partial charge in [-0.15, -0.1) is 22.7 Å². The first kappa shape index (κ1) is 15.4. The summed E-state index contributed by atoms with van der Waals surface area (Å²) in [7, 11) is 0. The molecule has 26 heavy (non-hydrogen) atoms. The van der Waals surface area contributed by atoms with E-state index in [9.17, 15) is 4.79 Å². The summed E-state index contributed by atoms with van der Waals surface area (Å²) in [6, 6.07) is 5.75. The van der Waals surface area contributed by atoms with Crippen molar-refractivity contribution < 1.29 is 0 Å². The van der Waals surface area contributed by atoms with Gasteiger partial charge in [0, 0.05) is 6.54 Å². The largest absolute Gasteiger partial charge is 0.370 e. The van der Waals surface area contributed by atoms with Crippen molar-refractivity contribution in [2.45, 2.75) is 6.92 Å². The van der Waals surface area contributed by atoms with Crippen molar-refractivity contribution in [3.05, 3.63) is 46.7 Å². The van der Waals surface area contributed by atoms with E-state index in [0.29, 0.717) is 16.0 Å². The summed E-state index contributed by atoms with van der Waals surface area (Å²) in [5.41, 5.74) is 4.03. The van der Waals surface area contributed by atoms with Gasteiger partial charge < -0.3 is 5.32 Å². The molecule has 5 rings (SSSR count). The van der Waals surface area contributed by atoms with Gasteiger partial charge in [0.15, 0.2) is 0 Å². The molecule has 0 saturated carbocycles. The number of thiazole rings is 1. The molecule has 0 aliphatic carbocycles. The minimum absolute atomic E-state index is 0.107. The topological polar surface area (TPSA) is 85.6 Å². The highest BCUT2D eigenvalue weighted by molar-refractivity contribution is 7.25. The second-order valence-corrected chi connectivity index (χ2v) is 7.52. The predicted molar refractivity (Wildman–Crippen MR) is 106 cm³/mol. The summed E-state index contributed by atoms with van der Waals surface area (Å²) in [6.07, 6.45) is 3.08. The molecule has 0 spiro atoms. The molecule has 1 N–H and O–H groups in total. The lowest BCUT2D eigenvalue weighted by molar-refractivity contribution is 0.970. The molecule has 0 radical (unpaired) electrons. The van der Waals surface area contributed by atoms with Crippen molar-refractivity contribution in [3.63, 3.8) is 0 Å². The molecular weight excluding hydrogens is 368 g/mol. The first-order chi connectivity index (χ1) is 12.8. The summed E-state index contributed by atoms with van der Waals surface area (Å²) in [4.78, 5) is 31.3. The number of aromatic nitrogens is 5. The van der Waals surface area contributed by atoms with E-state index in [1.807, 2.05) is 25.1 Å². The molecule has 0 amide bonds. The fraction of sp³-hybridized carbons (Fsp3) is 0.118. The van der Waals surface area contributed by atoms with Crippen LogP contribution in [0, 0.1) is 0 Å². The quantitative estimate of drug-likeness (QED) is 0.516. The third kappa shape index (κ3) is 2.21. The molecule has 1 aromatic carbocycles. The lowest BCUT2D eigenvalue weighted by atomic mass is 10.3. The van der Waals surface area contributed by atoms with Crippen LogP contribution in [0.1, 0.15) is 6.92 Å². The number of hydrogen-bond donors (Lipinski definition) is 1. The number of nitrogens with one attached hydrogen (secondary N) is 1. The Morgan fingerprint density at radius 3 is 3.00 bits per heavy atom. The SMILES string of the molecule is CCNc1ncnc2sc3c(=O)n(-c4ccc5ncsc5c4)cnc3c12. The number of fused-ring (bicyclic) bond motifs is 4. The number of thiophene rings is 1. The van der Waals surface area contributed by atoms with Gasteiger partial charge in [-0.1, -0.05) is 0 Å². The Morgan fingerprint density at radius 2 is 2.12 bits per heavy atom. The van der Waals surface area contributed by atoms with Gasteiger partial charge in [-0.05, 0) is 25.1 Å². The van der Waals surface area contributed by atoms with Gasteiger partial charge in [-0.25, -0.2) is 19.9 Å². The summed E-state index contributed by atoms with van der Waals surface area (Å²) >= 11 is 2.89. The molecule has 128 valence electrons. The van der Waals surface area contributed by atoms with Crippen molar-refractivity contribution >= 4 is 59.1 Å². The van der Waals surface area contributed by atoms with E-state index in [0.717, 1.165) is 32.7 Å². The number of rotatable bonds is 3. The average molecular weight is 380 g/mol. The molecule has 5 aromatic rings. The Labute approximate surface area is 155 Å². The van der Waals surface area contributed by atoms with Gasteiger partial charge in [-0.2, -0.15) is 0 Å². The van der Waals surface area contributed by atoms with Crippen molar-refractivity contribution in [1.82, 2.24) is 24.5 Å². The lowest BCUT2D eigenvalue weighted by Gasteiger charge is -2.05. The predicted octanol–water partition coefficient (Wildman–Crippen LogP) is 3.43. The van der Waals surface area contributed by atoms with Crippen molar-refractivity contribution in [2.75, 3.05) is 11.9 Å². The first-order valence-electron chi connectivity index (χ1n) is 7.98. The van der Waals surface area contributed by atoms with Gasteiger partial charge in [0.05, 0.1) is 26.8 Å². The second kappa shape index (κ2) is 5.82. The normalized spacial score (nSPS) is 11.6. The van der Waals surface area contributed by atoms with Crippen LogP contribution in [0.25, 0.3) is 36.3 Å².